The summed E-state index contributed by atoms with van der Waals surface area (Å²) in [5.74, 6) is -1.90. The van der Waals surface area contributed by atoms with E-state index in [1.807, 2.05) is 38.1 Å². The zero-order valence-electron chi connectivity index (χ0n) is 13.2. The minimum Gasteiger partial charge on any atom is -0.481 e. The second-order valence-corrected chi connectivity index (χ2v) is 5.62. The fraction of sp³-hybridized carbons (Fsp3) is 0.278. The van der Waals surface area contributed by atoms with Crippen LogP contribution < -0.4 is 5.32 Å². The van der Waals surface area contributed by atoms with Gasteiger partial charge in [0.25, 0.3) is 5.91 Å². The minimum absolute atomic E-state index is 0.0793. The van der Waals surface area contributed by atoms with Crippen molar-refractivity contribution in [2.45, 2.75) is 20.3 Å². The van der Waals surface area contributed by atoms with Gasteiger partial charge in [-0.25, -0.2) is 0 Å². The molecular formula is C18H20N2O3. The second-order valence-electron chi connectivity index (χ2n) is 5.62. The highest BCUT2D eigenvalue weighted by molar-refractivity contribution is 5.94. The Balaban J connectivity index is 1.96. The van der Waals surface area contributed by atoms with E-state index >= 15 is 0 Å². The summed E-state index contributed by atoms with van der Waals surface area (Å²) in [6, 6.07) is 11.1. The molecule has 0 radical (unpaired) electrons. The Morgan fingerprint density at radius 2 is 1.83 bits per heavy atom. The molecule has 0 spiro atoms. The van der Waals surface area contributed by atoms with Crippen molar-refractivity contribution >= 4 is 11.9 Å². The van der Waals surface area contributed by atoms with Gasteiger partial charge >= 0.3 is 5.97 Å². The van der Waals surface area contributed by atoms with Crippen LogP contribution in [-0.2, 0) is 11.2 Å². The summed E-state index contributed by atoms with van der Waals surface area (Å²) in [5, 5.41) is 12.0. The number of aryl methyl sites for hydroxylation is 2. The molecule has 23 heavy (non-hydrogen) atoms. The number of carbonyl (C=O) groups is 2. The molecule has 1 atom stereocenters. The molecule has 1 heterocycles. The number of carboxylic acid groups (broad SMARTS) is 1. The number of benzene rings is 1. The van der Waals surface area contributed by atoms with Gasteiger partial charge in [-0.2, -0.15) is 0 Å². The monoisotopic (exact) mass is 312 g/mol. The van der Waals surface area contributed by atoms with E-state index in [9.17, 15) is 14.7 Å². The number of amides is 1. The van der Waals surface area contributed by atoms with E-state index < -0.39 is 11.9 Å². The van der Waals surface area contributed by atoms with Crippen molar-refractivity contribution in [2.75, 3.05) is 6.54 Å². The molecular weight excluding hydrogens is 292 g/mol. The topological polar surface area (TPSA) is 79.3 Å². The highest BCUT2D eigenvalue weighted by Gasteiger charge is 2.19. The summed E-state index contributed by atoms with van der Waals surface area (Å²) in [6.45, 7) is 3.90. The number of hydrogen-bond acceptors (Lipinski definition) is 3. The number of aromatic nitrogens is 1. The van der Waals surface area contributed by atoms with Crippen LogP contribution in [0.1, 0.15) is 27.2 Å². The second kappa shape index (κ2) is 7.54. The Hall–Kier alpha value is -2.69. The molecule has 0 fully saturated rings. The molecule has 2 aromatic rings. The zero-order valence-corrected chi connectivity index (χ0v) is 13.2. The molecule has 0 saturated carbocycles. The first-order chi connectivity index (χ1) is 11.0. The maximum atomic E-state index is 12.0. The highest BCUT2D eigenvalue weighted by Crippen LogP contribution is 2.11. The molecule has 0 unspecified atom stereocenters. The van der Waals surface area contributed by atoms with E-state index in [1.54, 1.807) is 12.1 Å². The van der Waals surface area contributed by atoms with Gasteiger partial charge in [0.2, 0.25) is 0 Å². The summed E-state index contributed by atoms with van der Waals surface area (Å²) in [5.41, 5.74) is 3.31. The summed E-state index contributed by atoms with van der Waals surface area (Å²) >= 11 is 0. The van der Waals surface area contributed by atoms with Crippen molar-refractivity contribution in [2.24, 2.45) is 5.92 Å². The minimum atomic E-state index is -0.923. The van der Waals surface area contributed by atoms with Crippen molar-refractivity contribution < 1.29 is 14.7 Å². The van der Waals surface area contributed by atoms with Crippen LogP contribution in [0.15, 0.2) is 42.6 Å². The number of hydrogen-bond donors (Lipinski definition) is 2. The zero-order chi connectivity index (χ0) is 16.8. The Morgan fingerprint density at radius 3 is 2.39 bits per heavy atom. The number of pyridine rings is 1. The Kier molecular flexibility index (Phi) is 5.46. The van der Waals surface area contributed by atoms with Gasteiger partial charge < -0.3 is 10.4 Å². The highest BCUT2D eigenvalue weighted by atomic mass is 16.4. The van der Waals surface area contributed by atoms with E-state index in [4.69, 9.17) is 0 Å². The van der Waals surface area contributed by atoms with Gasteiger partial charge in [0.05, 0.1) is 11.5 Å². The number of nitrogens with zero attached hydrogens (tertiary/aromatic N) is 1. The van der Waals surface area contributed by atoms with Crippen LogP contribution >= 0.6 is 0 Å². The molecule has 0 aliphatic carbocycles. The SMILES string of the molecule is Cc1ccc(C[C@@H](CNC(=O)c2ccc(C)nc2)C(=O)O)cc1. The predicted molar refractivity (Wildman–Crippen MR) is 87.3 cm³/mol. The van der Waals surface area contributed by atoms with Crippen molar-refractivity contribution in [1.29, 1.82) is 0 Å². The number of rotatable bonds is 6. The maximum Gasteiger partial charge on any atom is 0.308 e. The van der Waals surface area contributed by atoms with E-state index in [-0.39, 0.29) is 12.5 Å². The molecule has 0 bridgehead atoms. The molecule has 0 saturated heterocycles. The fourth-order valence-electron chi connectivity index (χ4n) is 2.18. The molecule has 1 aromatic heterocycles. The van der Waals surface area contributed by atoms with Crippen LogP contribution in [0.5, 0.6) is 0 Å². The van der Waals surface area contributed by atoms with Crippen LogP contribution in [0.2, 0.25) is 0 Å². The normalized spacial score (nSPS) is 11.7. The van der Waals surface area contributed by atoms with Crippen LogP contribution in [0.25, 0.3) is 0 Å². The van der Waals surface area contributed by atoms with Crippen molar-refractivity contribution in [3.63, 3.8) is 0 Å². The van der Waals surface area contributed by atoms with E-state index in [0.29, 0.717) is 12.0 Å². The van der Waals surface area contributed by atoms with Gasteiger partial charge in [-0.05, 0) is 38.0 Å². The van der Waals surface area contributed by atoms with Crippen LogP contribution in [0.4, 0.5) is 0 Å². The van der Waals surface area contributed by atoms with Gasteiger partial charge in [0.1, 0.15) is 0 Å². The van der Waals surface area contributed by atoms with Crippen molar-refractivity contribution in [3.05, 3.63) is 65.0 Å². The summed E-state index contributed by atoms with van der Waals surface area (Å²) in [7, 11) is 0. The average molecular weight is 312 g/mol. The third-order valence-corrected chi connectivity index (χ3v) is 3.63. The lowest BCUT2D eigenvalue weighted by Gasteiger charge is -2.14. The van der Waals surface area contributed by atoms with Gasteiger partial charge in [0.15, 0.2) is 0 Å². The lowest BCUT2D eigenvalue weighted by molar-refractivity contribution is -0.141. The Morgan fingerprint density at radius 1 is 1.13 bits per heavy atom. The summed E-state index contributed by atoms with van der Waals surface area (Å²) < 4.78 is 0. The standard InChI is InChI=1S/C18H20N2O3/c1-12-3-6-14(7-4-12)9-16(18(22)23)11-20-17(21)15-8-5-13(2)19-10-15/h3-8,10,16H,9,11H2,1-2H3,(H,20,21)(H,22,23)/t16-/m0/s1. The number of carbonyl (C=O) groups excluding carboxylic acids is 1. The molecule has 5 nitrogen and oxygen atoms in total. The van der Waals surface area contributed by atoms with Gasteiger partial charge in [-0.1, -0.05) is 29.8 Å². The van der Waals surface area contributed by atoms with Crippen molar-refractivity contribution in [3.8, 4) is 0 Å². The maximum absolute atomic E-state index is 12.0. The lowest BCUT2D eigenvalue weighted by atomic mass is 9.98. The molecule has 120 valence electrons. The number of aliphatic carboxylic acids is 1. The summed E-state index contributed by atoms with van der Waals surface area (Å²) in [4.78, 5) is 27.5. The molecule has 1 amide bonds. The van der Waals surface area contributed by atoms with Gasteiger partial charge in [0, 0.05) is 18.4 Å². The van der Waals surface area contributed by atoms with Crippen LogP contribution in [-0.4, -0.2) is 28.5 Å². The third-order valence-electron chi connectivity index (χ3n) is 3.63. The van der Waals surface area contributed by atoms with Crippen LogP contribution in [0, 0.1) is 19.8 Å². The van der Waals surface area contributed by atoms with Crippen molar-refractivity contribution in [1.82, 2.24) is 10.3 Å². The first-order valence-electron chi connectivity index (χ1n) is 7.45. The number of nitrogens with one attached hydrogen (secondary N) is 1. The van der Waals surface area contributed by atoms with Crippen LogP contribution in [0.3, 0.4) is 0 Å². The Bertz CT molecular complexity index is 678. The molecule has 1 aromatic carbocycles. The van der Waals surface area contributed by atoms with Gasteiger partial charge in [-0.3, -0.25) is 14.6 Å². The van der Waals surface area contributed by atoms with E-state index in [2.05, 4.69) is 10.3 Å². The van der Waals surface area contributed by atoms with E-state index in [0.717, 1.165) is 16.8 Å². The fourth-order valence-corrected chi connectivity index (χ4v) is 2.18. The molecule has 2 rings (SSSR count). The largest absolute Gasteiger partial charge is 0.481 e. The molecule has 0 aliphatic rings. The van der Waals surface area contributed by atoms with Gasteiger partial charge in [-0.15, -0.1) is 0 Å². The molecule has 5 heteroatoms. The first-order valence-corrected chi connectivity index (χ1v) is 7.45. The summed E-state index contributed by atoms with van der Waals surface area (Å²) in [6.07, 6.45) is 1.86. The smallest absolute Gasteiger partial charge is 0.308 e. The van der Waals surface area contributed by atoms with E-state index in [1.165, 1.54) is 6.20 Å². The predicted octanol–water partition coefficient (Wildman–Crippen LogP) is 2.37. The molecule has 2 N–H and O–H groups in total. The molecule has 0 aliphatic heterocycles. The Labute approximate surface area is 135 Å². The first kappa shape index (κ1) is 16.7. The lowest BCUT2D eigenvalue weighted by Crippen LogP contribution is -2.34. The third kappa shape index (κ3) is 4.92. The number of carboxylic acids is 1. The average Bonchev–Trinajstić information content (AvgIpc) is 2.53. The quantitative estimate of drug-likeness (QED) is 0.858.